The molecule has 6 heteroatoms. The third kappa shape index (κ3) is 4.46. The van der Waals surface area contributed by atoms with Gasteiger partial charge in [-0.15, -0.1) is 6.58 Å². The smallest absolute Gasteiger partial charge is 0.242 e. The molecular formula is C21H19N2O3S-. The number of carbonyl (C=O) groups excluding carboxylic acids is 2. The predicted octanol–water partition coefficient (Wildman–Crippen LogP) is 2.72. The number of nitrogens with zero attached hydrogens (tertiary/aromatic N) is 2. The summed E-state index contributed by atoms with van der Waals surface area (Å²) in [5.41, 5.74) is 2.95. The zero-order valence-corrected chi connectivity index (χ0v) is 15.7. The Bertz CT molecular complexity index is 906. The maximum atomic E-state index is 12.8. The van der Waals surface area contributed by atoms with Crippen LogP contribution < -0.4 is 5.11 Å². The van der Waals surface area contributed by atoms with E-state index in [0.29, 0.717) is 23.8 Å². The maximum Gasteiger partial charge on any atom is 0.242 e. The molecule has 2 aromatic rings. The van der Waals surface area contributed by atoms with Crippen molar-refractivity contribution in [3.63, 3.8) is 0 Å². The fourth-order valence-corrected chi connectivity index (χ4v) is 4.07. The summed E-state index contributed by atoms with van der Waals surface area (Å²) in [6.07, 6.45) is 2.30. The number of aromatic carboxylic acids is 1. The van der Waals surface area contributed by atoms with Gasteiger partial charge in [-0.2, -0.15) is 0 Å². The second-order valence-corrected chi connectivity index (χ2v) is 7.44. The van der Waals surface area contributed by atoms with Gasteiger partial charge < -0.3 is 9.90 Å². The number of amidine groups is 1. The van der Waals surface area contributed by atoms with Crippen LogP contribution in [0, 0.1) is 6.92 Å². The van der Waals surface area contributed by atoms with Crippen LogP contribution in [0.15, 0.2) is 66.2 Å². The molecule has 1 heterocycles. The van der Waals surface area contributed by atoms with Gasteiger partial charge in [0.25, 0.3) is 0 Å². The van der Waals surface area contributed by atoms with Crippen molar-refractivity contribution in [2.24, 2.45) is 4.99 Å². The average molecular weight is 379 g/mol. The fourth-order valence-electron chi connectivity index (χ4n) is 2.86. The molecule has 1 atom stereocenters. The Labute approximate surface area is 162 Å². The van der Waals surface area contributed by atoms with Crippen molar-refractivity contribution in [3.8, 4) is 0 Å². The topological polar surface area (TPSA) is 72.8 Å². The van der Waals surface area contributed by atoms with Crippen LogP contribution >= 0.6 is 11.8 Å². The number of carboxylic acid groups (broad SMARTS) is 1. The van der Waals surface area contributed by atoms with Gasteiger partial charge in [0.2, 0.25) is 5.91 Å². The van der Waals surface area contributed by atoms with E-state index in [9.17, 15) is 14.7 Å². The van der Waals surface area contributed by atoms with Crippen LogP contribution in [0.4, 0.5) is 5.69 Å². The number of aliphatic imine (C=N–C) groups is 1. The lowest BCUT2D eigenvalue weighted by Crippen LogP contribution is -2.32. The number of aryl methyl sites for hydroxylation is 1. The molecule has 0 saturated carbocycles. The first kappa shape index (κ1) is 18.9. The number of amides is 1. The lowest BCUT2D eigenvalue weighted by molar-refractivity contribution is -0.255. The lowest BCUT2D eigenvalue weighted by atomic mass is 10.1. The van der Waals surface area contributed by atoms with Gasteiger partial charge in [-0.05, 0) is 36.6 Å². The summed E-state index contributed by atoms with van der Waals surface area (Å²) >= 11 is 1.42. The van der Waals surface area contributed by atoms with Crippen LogP contribution in [0.1, 0.15) is 21.5 Å². The molecule has 1 amide bonds. The normalized spacial score (nSPS) is 18.1. The van der Waals surface area contributed by atoms with E-state index in [1.807, 2.05) is 25.1 Å². The maximum absolute atomic E-state index is 12.8. The van der Waals surface area contributed by atoms with Gasteiger partial charge in [-0.3, -0.25) is 9.69 Å². The number of thioether (sulfide) groups is 1. The van der Waals surface area contributed by atoms with E-state index in [2.05, 4.69) is 17.6 Å². The standard InChI is InChI=1S/C21H20N2O3S/c1-3-11-23-19(24)18(13-15-6-4-5-14(2)12-15)27-21(23)22-17-9-7-16(8-10-17)20(25)26/h3-10,12,18H,1,11,13H2,2H3,(H,25,26)/p-1/t18-/m1/s1. The lowest BCUT2D eigenvalue weighted by Gasteiger charge is -2.14. The fraction of sp³-hybridized carbons (Fsp3) is 0.190. The second-order valence-electron chi connectivity index (χ2n) is 6.27. The number of carbonyl (C=O) groups is 2. The Morgan fingerprint density at radius 1 is 1.30 bits per heavy atom. The molecule has 0 aliphatic carbocycles. The molecule has 0 radical (unpaired) electrons. The average Bonchev–Trinajstić information content (AvgIpc) is 2.91. The molecule has 0 aromatic heterocycles. The number of hydrogen-bond acceptors (Lipinski definition) is 5. The SMILES string of the molecule is C=CCN1C(=O)[C@@H](Cc2cccc(C)c2)SC1=Nc1ccc(C(=O)[O-])cc1. The van der Waals surface area contributed by atoms with Gasteiger partial charge in [-0.25, -0.2) is 4.99 Å². The summed E-state index contributed by atoms with van der Waals surface area (Å²) in [5, 5.41) is 11.2. The molecule has 2 aromatic carbocycles. The van der Waals surface area contributed by atoms with Crippen LogP contribution in [0.3, 0.4) is 0 Å². The Kier molecular flexibility index (Phi) is 5.76. The van der Waals surface area contributed by atoms with E-state index >= 15 is 0 Å². The van der Waals surface area contributed by atoms with E-state index in [4.69, 9.17) is 0 Å². The van der Waals surface area contributed by atoms with Crippen LogP contribution in [0.25, 0.3) is 0 Å². The van der Waals surface area contributed by atoms with Crippen molar-refractivity contribution >= 4 is 34.5 Å². The first-order valence-corrected chi connectivity index (χ1v) is 9.40. The van der Waals surface area contributed by atoms with Gasteiger partial charge in [0.15, 0.2) is 5.17 Å². The molecule has 1 saturated heterocycles. The molecule has 0 spiro atoms. The zero-order valence-electron chi connectivity index (χ0n) is 14.9. The van der Waals surface area contributed by atoms with Crippen molar-refractivity contribution in [2.45, 2.75) is 18.6 Å². The number of rotatable bonds is 6. The summed E-state index contributed by atoms with van der Waals surface area (Å²) in [6.45, 7) is 6.13. The predicted molar refractivity (Wildman–Crippen MR) is 106 cm³/mol. The molecule has 3 rings (SSSR count). The third-order valence-electron chi connectivity index (χ3n) is 4.16. The van der Waals surface area contributed by atoms with Crippen LogP contribution in [-0.4, -0.2) is 33.7 Å². The highest BCUT2D eigenvalue weighted by Gasteiger charge is 2.37. The number of hydrogen-bond donors (Lipinski definition) is 0. The second kappa shape index (κ2) is 8.22. The molecule has 0 unspecified atom stereocenters. The Balaban J connectivity index is 1.84. The van der Waals surface area contributed by atoms with E-state index < -0.39 is 5.97 Å². The first-order valence-electron chi connectivity index (χ1n) is 8.52. The molecule has 1 aliphatic heterocycles. The Morgan fingerprint density at radius 2 is 2.04 bits per heavy atom. The van der Waals surface area contributed by atoms with Crippen LogP contribution in [0.2, 0.25) is 0 Å². The van der Waals surface area contributed by atoms with Gasteiger partial charge in [-0.1, -0.05) is 59.8 Å². The largest absolute Gasteiger partial charge is 0.545 e. The van der Waals surface area contributed by atoms with Gasteiger partial charge >= 0.3 is 0 Å². The minimum Gasteiger partial charge on any atom is -0.545 e. The van der Waals surface area contributed by atoms with Crippen molar-refractivity contribution in [2.75, 3.05) is 6.54 Å². The number of carboxylic acids is 1. The monoisotopic (exact) mass is 379 g/mol. The summed E-state index contributed by atoms with van der Waals surface area (Å²) in [4.78, 5) is 29.8. The highest BCUT2D eigenvalue weighted by molar-refractivity contribution is 8.15. The van der Waals surface area contributed by atoms with Crippen molar-refractivity contribution < 1.29 is 14.7 Å². The third-order valence-corrected chi connectivity index (χ3v) is 5.34. The van der Waals surface area contributed by atoms with E-state index in [1.165, 1.54) is 23.9 Å². The van der Waals surface area contributed by atoms with Crippen molar-refractivity contribution in [1.82, 2.24) is 4.90 Å². The van der Waals surface area contributed by atoms with Gasteiger partial charge in [0, 0.05) is 6.54 Å². The molecular weight excluding hydrogens is 360 g/mol. The number of benzene rings is 2. The molecule has 1 fully saturated rings. The molecule has 5 nitrogen and oxygen atoms in total. The summed E-state index contributed by atoms with van der Waals surface area (Å²) in [6, 6.07) is 14.2. The highest BCUT2D eigenvalue weighted by Crippen LogP contribution is 2.32. The Hall–Kier alpha value is -2.86. The summed E-state index contributed by atoms with van der Waals surface area (Å²) in [5.74, 6) is -1.22. The van der Waals surface area contributed by atoms with Gasteiger partial charge in [0.1, 0.15) is 0 Å². The van der Waals surface area contributed by atoms with Gasteiger partial charge in [0.05, 0.1) is 16.9 Å². The van der Waals surface area contributed by atoms with E-state index in [0.717, 1.165) is 11.1 Å². The summed E-state index contributed by atoms with van der Waals surface area (Å²) < 4.78 is 0. The first-order chi connectivity index (χ1) is 13.0. The quantitative estimate of drug-likeness (QED) is 0.724. The Morgan fingerprint density at radius 3 is 2.67 bits per heavy atom. The van der Waals surface area contributed by atoms with Crippen molar-refractivity contribution in [1.29, 1.82) is 0 Å². The van der Waals surface area contributed by atoms with Crippen LogP contribution in [0.5, 0.6) is 0 Å². The van der Waals surface area contributed by atoms with E-state index in [1.54, 1.807) is 23.1 Å². The molecule has 1 aliphatic rings. The van der Waals surface area contributed by atoms with Crippen LogP contribution in [-0.2, 0) is 11.2 Å². The molecule has 138 valence electrons. The van der Waals surface area contributed by atoms with Crippen molar-refractivity contribution in [3.05, 3.63) is 77.9 Å². The zero-order chi connectivity index (χ0) is 19.4. The minimum absolute atomic E-state index is 0.00603. The van der Waals surface area contributed by atoms with E-state index in [-0.39, 0.29) is 16.7 Å². The highest BCUT2D eigenvalue weighted by atomic mass is 32.2. The molecule has 0 N–H and O–H groups in total. The molecule has 27 heavy (non-hydrogen) atoms. The molecule has 0 bridgehead atoms. The minimum atomic E-state index is -1.23. The summed E-state index contributed by atoms with van der Waals surface area (Å²) in [7, 11) is 0.